The van der Waals surface area contributed by atoms with E-state index in [1.165, 1.54) is 64.2 Å². The van der Waals surface area contributed by atoms with E-state index in [9.17, 15) is 4.79 Å². The Balaban J connectivity index is 3.06. The van der Waals surface area contributed by atoms with E-state index in [1.54, 1.807) is 0 Å². The van der Waals surface area contributed by atoms with Crippen LogP contribution in [0.25, 0.3) is 0 Å². The van der Waals surface area contributed by atoms with Gasteiger partial charge in [-0.25, -0.2) is 0 Å². The van der Waals surface area contributed by atoms with Crippen molar-refractivity contribution in [1.29, 1.82) is 0 Å². The lowest BCUT2D eigenvalue weighted by Crippen LogP contribution is -1.92. The molecule has 0 aliphatic carbocycles. The number of allylic oxidation sites excluding steroid dienone is 2. The second-order valence-electron chi connectivity index (χ2n) is 5.73. The minimum atomic E-state index is -0.677. The fourth-order valence-electron chi connectivity index (χ4n) is 2.35. The monoisotopic (exact) mass is 282 g/mol. The first-order valence-corrected chi connectivity index (χ1v) is 8.64. The molecule has 2 heteroatoms. The predicted molar refractivity (Wildman–Crippen MR) is 87.1 cm³/mol. The molecule has 0 aliphatic rings. The average Bonchev–Trinajstić information content (AvgIpc) is 2.43. The van der Waals surface area contributed by atoms with Gasteiger partial charge in [0.15, 0.2) is 0 Å². The van der Waals surface area contributed by atoms with Crippen molar-refractivity contribution >= 4 is 5.97 Å². The van der Waals surface area contributed by atoms with Crippen LogP contribution in [0.2, 0.25) is 0 Å². The van der Waals surface area contributed by atoms with E-state index in [0.717, 1.165) is 19.3 Å². The van der Waals surface area contributed by atoms with Crippen LogP contribution in [0.5, 0.6) is 0 Å². The molecule has 2 nitrogen and oxygen atoms in total. The van der Waals surface area contributed by atoms with Crippen molar-refractivity contribution in [2.75, 3.05) is 0 Å². The summed E-state index contributed by atoms with van der Waals surface area (Å²) in [7, 11) is 0. The summed E-state index contributed by atoms with van der Waals surface area (Å²) in [6.07, 6.45) is 21.3. The summed E-state index contributed by atoms with van der Waals surface area (Å²) in [5, 5.41) is 8.50. The van der Waals surface area contributed by atoms with Crippen molar-refractivity contribution < 1.29 is 9.90 Å². The number of unbranched alkanes of at least 4 members (excludes halogenated alkanes) is 11. The maximum atomic E-state index is 10.3. The molecule has 0 spiro atoms. The quantitative estimate of drug-likeness (QED) is 0.291. The van der Waals surface area contributed by atoms with Crippen LogP contribution >= 0.6 is 0 Å². The van der Waals surface area contributed by atoms with Gasteiger partial charge in [0.25, 0.3) is 0 Å². The number of hydrogen-bond donors (Lipinski definition) is 1. The number of hydrogen-bond acceptors (Lipinski definition) is 1. The third-order valence-corrected chi connectivity index (χ3v) is 3.65. The number of carboxylic acids is 1. The molecule has 0 unspecified atom stereocenters. The highest BCUT2D eigenvalue weighted by atomic mass is 16.4. The van der Waals surface area contributed by atoms with Gasteiger partial charge in [0, 0.05) is 6.42 Å². The molecule has 1 N–H and O–H groups in total. The molecule has 0 fully saturated rings. The highest BCUT2D eigenvalue weighted by Gasteiger charge is 1.94. The van der Waals surface area contributed by atoms with Crippen LogP contribution in [0.4, 0.5) is 0 Å². The van der Waals surface area contributed by atoms with Crippen LogP contribution < -0.4 is 0 Å². The molecule has 0 bridgehead atoms. The Kier molecular flexibility index (Phi) is 15.6. The van der Waals surface area contributed by atoms with Crippen molar-refractivity contribution in [2.24, 2.45) is 0 Å². The lowest BCUT2D eigenvalue weighted by molar-refractivity contribution is -0.137. The van der Waals surface area contributed by atoms with E-state index in [2.05, 4.69) is 19.1 Å². The smallest absolute Gasteiger partial charge is 0.303 e. The Morgan fingerprint density at radius 2 is 1.20 bits per heavy atom. The van der Waals surface area contributed by atoms with Crippen LogP contribution in [-0.4, -0.2) is 11.1 Å². The van der Waals surface area contributed by atoms with E-state index in [-0.39, 0.29) is 0 Å². The van der Waals surface area contributed by atoms with Crippen LogP contribution in [0, 0.1) is 0 Å². The molecule has 20 heavy (non-hydrogen) atoms. The number of carboxylic acid groups (broad SMARTS) is 1. The van der Waals surface area contributed by atoms with Crippen LogP contribution in [-0.2, 0) is 4.79 Å². The highest BCUT2D eigenvalue weighted by Crippen LogP contribution is 2.11. The summed E-state index contributed by atoms with van der Waals surface area (Å²) >= 11 is 0. The summed E-state index contributed by atoms with van der Waals surface area (Å²) in [5.74, 6) is -0.677. The van der Waals surface area contributed by atoms with E-state index in [0.29, 0.717) is 6.42 Å². The first kappa shape index (κ1) is 19.2. The van der Waals surface area contributed by atoms with Crippen LogP contribution in [0.1, 0.15) is 96.8 Å². The molecule has 0 aromatic carbocycles. The standard InChI is InChI=1S/C18H34O2/c1-2-3-4-5-6-7-8-9-10-11-12-13-14-15-16-17-18(19)20/h12-13H,2-11,14-17H2,1H3,(H,19,20). The fourth-order valence-corrected chi connectivity index (χ4v) is 2.35. The Morgan fingerprint density at radius 1 is 0.750 bits per heavy atom. The zero-order valence-electron chi connectivity index (χ0n) is 13.4. The Hall–Kier alpha value is -0.790. The SMILES string of the molecule is CCCCCCCCCCCC=CCCCCC(=O)O. The maximum Gasteiger partial charge on any atom is 0.303 e. The van der Waals surface area contributed by atoms with Crippen molar-refractivity contribution in [3.63, 3.8) is 0 Å². The van der Waals surface area contributed by atoms with Crippen molar-refractivity contribution in [3.8, 4) is 0 Å². The molecule has 118 valence electrons. The lowest BCUT2D eigenvalue weighted by Gasteiger charge is -2.00. The second-order valence-corrected chi connectivity index (χ2v) is 5.73. The Morgan fingerprint density at radius 3 is 1.70 bits per heavy atom. The van der Waals surface area contributed by atoms with E-state index in [1.807, 2.05) is 0 Å². The van der Waals surface area contributed by atoms with E-state index >= 15 is 0 Å². The van der Waals surface area contributed by atoms with Crippen molar-refractivity contribution in [2.45, 2.75) is 96.8 Å². The molecule has 0 saturated heterocycles. The van der Waals surface area contributed by atoms with E-state index < -0.39 is 5.97 Å². The van der Waals surface area contributed by atoms with Gasteiger partial charge in [0.05, 0.1) is 0 Å². The van der Waals surface area contributed by atoms with Gasteiger partial charge in [-0.05, 0) is 32.1 Å². The molecule has 0 saturated carbocycles. The Labute approximate surface area is 125 Å². The minimum Gasteiger partial charge on any atom is -0.481 e. The van der Waals surface area contributed by atoms with Crippen molar-refractivity contribution in [3.05, 3.63) is 12.2 Å². The first-order chi connectivity index (χ1) is 9.77. The summed E-state index contributed by atoms with van der Waals surface area (Å²) in [4.78, 5) is 10.3. The highest BCUT2D eigenvalue weighted by molar-refractivity contribution is 5.66. The molecule has 0 heterocycles. The van der Waals surface area contributed by atoms with E-state index in [4.69, 9.17) is 5.11 Å². The molecule has 0 aromatic heterocycles. The number of rotatable bonds is 15. The normalized spacial score (nSPS) is 11.2. The van der Waals surface area contributed by atoms with Gasteiger partial charge in [-0.15, -0.1) is 0 Å². The topological polar surface area (TPSA) is 37.3 Å². The largest absolute Gasteiger partial charge is 0.481 e. The number of aliphatic carboxylic acids is 1. The average molecular weight is 282 g/mol. The summed E-state index contributed by atoms with van der Waals surface area (Å²) in [6, 6.07) is 0. The van der Waals surface area contributed by atoms with Gasteiger partial charge in [0.1, 0.15) is 0 Å². The fraction of sp³-hybridized carbons (Fsp3) is 0.833. The van der Waals surface area contributed by atoms with Gasteiger partial charge < -0.3 is 5.11 Å². The number of carbonyl (C=O) groups is 1. The molecule has 0 atom stereocenters. The predicted octanol–water partition coefficient (Wildman–Crippen LogP) is 6.11. The maximum absolute atomic E-state index is 10.3. The van der Waals surface area contributed by atoms with Gasteiger partial charge in [-0.2, -0.15) is 0 Å². The van der Waals surface area contributed by atoms with Crippen LogP contribution in [0.15, 0.2) is 12.2 Å². The zero-order chi connectivity index (χ0) is 14.9. The molecule has 0 rings (SSSR count). The van der Waals surface area contributed by atoms with Gasteiger partial charge in [0.2, 0.25) is 0 Å². The van der Waals surface area contributed by atoms with Gasteiger partial charge >= 0.3 is 5.97 Å². The second kappa shape index (κ2) is 16.3. The Bertz CT molecular complexity index is 234. The zero-order valence-corrected chi connectivity index (χ0v) is 13.4. The summed E-state index contributed by atoms with van der Waals surface area (Å²) in [6.45, 7) is 2.26. The van der Waals surface area contributed by atoms with Gasteiger partial charge in [-0.3, -0.25) is 4.79 Å². The third-order valence-electron chi connectivity index (χ3n) is 3.65. The van der Waals surface area contributed by atoms with Gasteiger partial charge in [-0.1, -0.05) is 70.4 Å². The molecule has 0 amide bonds. The van der Waals surface area contributed by atoms with Crippen molar-refractivity contribution in [1.82, 2.24) is 0 Å². The molecular formula is C18H34O2. The van der Waals surface area contributed by atoms with Crippen LogP contribution in [0.3, 0.4) is 0 Å². The summed E-state index contributed by atoms with van der Waals surface area (Å²) in [5.41, 5.74) is 0. The summed E-state index contributed by atoms with van der Waals surface area (Å²) < 4.78 is 0. The third kappa shape index (κ3) is 17.2. The molecular weight excluding hydrogens is 248 g/mol. The minimum absolute atomic E-state index is 0.312. The molecule has 0 aromatic rings. The molecule has 0 aliphatic heterocycles. The first-order valence-electron chi connectivity index (χ1n) is 8.64. The lowest BCUT2D eigenvalue weighted by atomic mass is 10.1. The molecule has 0 radical (unpaired) electrons.